The van der Waals surface area contributed by atoms with Crippen LogP contribution >= 0.6 is 11.3 Å². The molecule has 0 bridgehead atoms. The Bertz CT molecular complexity index is 666. The number of ether oxygens (including phenoxy) is 1. The highest BCUT2D eigenvalue weighted by Crippen LogP contribution is 2.26. The van der Waals surface area contributed by atoms with E-state index in [0.29, 0.717) is 25.3 Å². The molecule has 2 aromatic rings. The van der Waals surface area contributed by atoms with Gasteiger partial charge in [0.25, 0.3) is 5.91 Å². The van der Waals surface area contributed by atoms with Gasteiger partial charge in [-0.15, -0.1) is 11.3 Å². The van der Waals surface area contributed by atoms with Crippen molar-refractivity contribution in [3.8, 4) is 0 Å². The number of thiophene rings is 1. The van der Waals surface area contributed by atoms with Crippen LogP contribution in [0.15, 0.2) is 41.8 Å². The predicted octanol–water partition coefficient (Wildman–Crippen LogP) is 2.66. The third-order valence-electron chi connectivity index (χ3n) is 3.59. The van der Waals surface area contributed by atoms with E-state index in [-0.39, 0.29) is 17.6 Å². The molecule has 1 fully saturated rings. The van der Waals surface area contributed by atoms with Crippen molar-refractivity contribution in [3.05, 3.63) is 57.8 Å². The Morgan fingerprint density at radius 1 is 1.18 bits per heavy atom. The summed E-state index contributed by atoms with van der Waals surface area (Å²) in [6.45, 7) is 1.56. The number of aromatic carboxylic acids is 1. The van der Waals surface area contributed by atoms with Gasteiger partial charge in [0.1, 0.15) is 6.10 Å². The number of nitrogens with zero attached hydrogens (tertiary/aromatic N) is 1. The maximum atomic E-state index is 12.5. The molecule has 1 atom stereocenters. The van der Waals surface area contributed by atoms with E-state index in [1.165, 1.54) is 12.1 Å². The number of morpholine rings is 1. The SMILES string of the molecule is O=C(O)c1ccc(C(=O)N2CCO[C@H](c3cccs3)C2)cc1. The van der Waals surface area contributed by atoms with E-state index in [4.69, 9.17) is 9.84 Å². The second kappa shape index (κ2) is 6.29. The summed E-state index contributed by atoms with van der Waals surface area (Å²) in [6.07, 6.45) is -0.0870. The molecule has 22 heavy (non-hydrogen) atoms. The summed E-state index contributed by atoms with van der Waals surface area (Å²) in [6, 6.07) is 9.99. The third-order valence-corrected chi connectivity index (χ3v) is 4.56. The second-order valence-electron chi connectivity index (χ2n) is 5.01. The van der Waals surface area contributed by atoms with Gasteiger partial charge in [0.15, 0.2) is 0 Å². The standard InChI is InChI=1S/C16H15NO4S/c18-15(11-3-5-12(6-4-11)16(19)20)17-7-8-21-13(10-17)14-2-1-9-22-14/h1-6,9,13H,7-8,10H2,(H,19,20)/t13-/m0/s1. The molecule has 0 spiro atoms. The zero-order valence-electron chi connectivity index (χ0n) is 11.8. The van der Waals surface area contributed by atoms with Gasteiger partial charge in [-0.3, -0.25) is 4.79 Å². The van der Waals surface area contributed by atoms with E-state index in [2.05, 4.69) is 0 Å². The first-order valence-corrected chi connectivity index (χ1v) is 7.81. The normalized spacial score (nSPS) is 18.2. The van der Waals surface area contributed by atoms with E-state index in [0.717, 1.165) is 4.88 Å². The van der Waals surface area contributed by atoms with Crippen LogP contribution in [0.1, 0.15) is 31.7 Å². The topological polar surface area (TPSA) is 66.8 Å². The molecule has 114 valence electrons. The quantitative estimate of drug-likeness (QED) is 0.945. The van der Waals surface area contributed by atoms with Crippen LogP contribution in [0, 0.1) is 0 Å². The Kier molecular flexibility index (Phi) is 4.22. The number of amides is 1. The van der Waals surface area contributed by atoms with E-state index < -0.39 is 5.97 Å². The van der Waals surface area contributed by atoms with Gasteiger partial charge in [0.05, 0.1) is 18.7 Å². The molecule has 1 saturated heterocycles. The lowest BCUT2D eigenvalue weighted by Gasteiger charge is -2.32. The average molecular weight is 317 g/mol. The van der Waals surface area contributed by atoms with Crippen LogP contribution in [-0.4, -0.2) is 41.6 Å². The molecule has 1 aliphatic rings. The van der Waals surface area contributed by atoms with Crippen LogP contribution in [0.3, 0.4) is 0 Å². The van der Waals surface area contributed by atoms with Crippen LogP contribution in [0.5, 0.6) is 0 Å². The van der Waals surface area contributed by atoms with Crippen molar-refractivity contribution in [3.63, 3.8) is 0 Å². The first kappa shape index (κ1) is 14.7. The van der Waals surface area contributed by atoms with E-state index in [1.807, 2.05) is 17.5 Å². The van der Waals surface area contributed by atoms with Gasteiger partial charge in [-0.2, -0.15) is 0 Å². The van der Waals surface area contributed by atoms with Gasteiger partial charge in [0, 0.05) is 17.0 Å². The number of carboxylic acids is 1. The van der Waals surface area contributed by atoms with Gasteiger partial charge in [0.2, 0.25) is 0 Å². The number of benzene rings is 1. The van der Waals surface area contributed by atoms with Crippen molar-refractivity contribution in [2.45, 2.75) is 6.10 Å². The van der Waals surface area contributed by atoms with Crippen LogP contribution in [-0.2, 0) is 4.74 Å². The van der Waals surface area contributed by atoms with Gasteiger partial charge in [-0.05, 0) is 35.7 Å². The van der Waals surface area contributed by atoms with Gasteiger partial charge in [-0.1, -0.05) is 6.07 Å². The molecule has 1 aliphatic heterocycles. The summed E-state index contributed by atoms with van der Waals surface area (Å²) < 4.78 is 5.73. The molecule has 1 aromatic heterocycles. The number of carboxylic acid groups (broad SMARTS) is 1. The maximum absolute atomic E-state index is 12.5. The van der Waals surface area contributed by atoms with E-state index in [9.17, 15) is 9.59 Å². The highest BCUT2D eigenvalue weighted by molar-refractivity contribution is 7.10. The van der Waals surface area contributed by atoms with Crippen LogP contribution in [0.4, 0.5) is 0 Å². The van der Waals surface area contributed by atoms with Gasteiger partial charge < -0.3 is 14.7 Å². The van der Waals surface area contributed by atoms with Crippen molar-refractivity contribution in [2.24, 2.45) is 0 Å². The lowest BCUT2D eigenvalue weighted by atomic mass is 10.1. The molecule has 0 aliphatic carbocycles. The lowest BCUT2D eigenvalue weighted by molar-refractivity contribution is -0.0211. The Hall–Kier alpha value is -2.18. The minimum Gasteiger partial charge on any atom is -0.478 e. The van der Waals surface area contributed by atoms with Crippen LogP contribution < -0.4 is 0 Å². The lowest BCUT2D eigenvalue weighted by Crippen LogP contribution is -2.42. The molecule has 0 unspecified atom stereocenters. The fourth-order valence-corrected chi connectivity index (χ4v) is 3.18. The van der Waals surface area contributed by atoms with Crippen LogP contribution in [0.25, 0.3) is 0 Å². The summed E-state index contributed by atoms with van der Waals surface area (Å²) in [4.78, 5) is 26.2. The fourth-order valence-electron chi connectivity index (χ4n) is 2.42. The first-order valence-electron chi connectivity index (χ1n) is 6.93. The Labute approximate surface area is 131 Å². The van der Waals surface area contributed by atoms with E-state index in [1.54, 1.807) is 28.4 Å². The Morgan fingerprint density at radius 2 is 1.91 bits per heavy atom. The van der Waals surface area contributed by atoms with Gasteiger partial charge >= 0.3 is 5.97 Å². The van der Waals surface area contributed by atoms with E-state index >= 15 is 0 Å². The molecular formula is C16H15NO4S. The molecule has 2 heterocycles. The molecular weight excluding hydrogens is 302 g/mol. The summed E-state index contributed by atoms with van der Waals surface area (Å²) in [7, 11) is 0. The first-order chi connectivity index (χ1) is 10.6. The molecule has 3 rings (SSSR count). The predicted molar refractivity (Wildman–Crippen MR) is 82.3 cm³/mol. The molecule has 0 radical (unpaired) electrons. The molecule has 0 saturated carbocycles. The van der Waals surface area contributed by atoms with Crippen molar-refractivity contribution < 1.29 is 19.4 Å². The summed E-state index contributed by atoms with van der Waals surface area (Å²) in [5, 5.41) is 10.9. The second-order valence-corrected chi connectivity index (χ2v) is 5.99. The maximum Gasteiger partial charge on any atom is 0.335 e. The third kappa shape index (κ3) is 3.03. The van der Waals surface area contributed by atoms with Crippen molar-refractivity contribution in [1.82, 2.24) is 4.90 Å². The summed E-state index contributed by atoms with van der Waals surface area (Å²) in [5.74, 6) is -1.09. The summed E-state index contributed by atoms with van der Waals surface area (Å²) >= 11 is 1.62. The minimum absolute atomic E-state index is 0.0870. The largest absolute Gasteiger partial charge is 0.478 e. The smallest absolute Gasteiger partial charge is 0.335 e. The van der Waals surface area contributed by atoms with Crippen LogP contribution in [0.2, 0.25) is 0 Å². The fraction of sp³-hybridized carbons (Fsp3) is 0.250. The molecule has 6 heteroatoms. The molecule has 5 nitrogen and oxygen atoms in total. The highest BCUT2D eigenvalue weighted by atomic mass is 32.1. The summed E-state index contributed by atoms with van der Waals surface area (Å²) in [5.41, 5.74) is 0.673. The molecule has 1 amide bonds. The monoisotopic (exact) mass is 317 g/mol. The van der Waals surface area contributed by atoms with Gasteiger partial charge in [-0.25, -0.2) is 4.79 Å². The minimum atomic E-state index is -0.997. The average Bonchev–Trinajstić information content (AvgIpc) is 3.09. The number of hydrogen-bond acceptors (Lipinski definition) is 4. The number of hydrogen-bond donors (Lipinski definition) is 1. The van der Waals surface area contributed by atoms with Crippen molar-refractivity contribution in [1.29, 1.82) is 0 Å². The van der Waals surface area contributed by atoms with Crippen molar-refractivity contribution >= 4 is 23.2 Å². The Balaban J connectivity index is 1.72. The van der Waals surface area contributed by atoms with Crippen molar-refractivity contribution in [2.75, 3.05) is 19.7 Å². The zero-order valence-corrected chi connectivity index (χ0v) is 12.6. The molecule has 1 N–H and O–H groups in total. The number of rotatable bonds is 3. The highest BCUT2D eigenvalue weighted by Gasteiger charge is 2.26. The Morgan fingerprint density at radius 3 is 2.55 bits per heavy atom. The zero-order chi connectivity index (χ0) is 15.5. The number of carbonyl (C=O) groups is 2. The molecule has 1 aromatic carbocycles. The number of carbonyl (C=O) groups excluding carboxylic acids is 1.